The minimum absolute atomic E-state index is 0.281. The minimum Gasteiger partial charge on any atom is -0.336 e. The zero-order valence-corrected chi connectivity index (χ0v) is 10.1. The SMILES string of the molecule is CCC(=O)N1CCCC1c1ccc(C)cc1. The molecule has 1 aromatic carbocycles. The first-order valence-electron chi connectivity index (χ1n) is 6.08. The van der Waals surface area contributed by atoms with Crippen LogP contribution in [0.5, 0.6) is 0 Å². The molecule has 1 aliphatic rings. The van der Waals surface area contributed by atoms with Crippen LogP contribution in [0.1, 0.15) is 43.4 Å². The van der Waals surface area contributed by atoms with Crippen LogP contribution in [-0.4, -0.2) is 17.4 Å². The number of carbonyl (C=O) groups is 1. The van der Waals surface area contributed by atoms with Gasteiger partial charge in [0.2, 0.25) is 5.91 Å². The lowest BCUT2D eigenvalue weighted by Crippen LogP contribution is -2.29. The third-order valence-electron chi connectivity index (χ3n) is 3.34. The summed E-state index contributed by atoms with van der Waals surface area (Å²) in [5.41, 5.74) is 2.56. The van der Waals surface area contributed by atoms with Crippen molar-refractivity contribution in [2.24, 2.45) is 0 Å². The molecular weight excluding hydrogens is 198 g/mol. The van der Waals surface area contributed by atoms with Crippen molar-refractivity contribution in [1.29, 1.82) is 0 Å². The minimum atomic E-state index is 0.281. The molecule has 2 heteroatoms. The maximum atomic E-state index is 11.8. The van der Waals surface area contributed by atoms with Gasteiger partial charge >= 0.3 is 0 Å². The number of carbonyl (C=O) groups excluding carboxylic acids is 1. The summed E-state index contributed by atoms with van der Waals surface area (Å²) >= 11 is 0. The van der Waals surface area contributed by atoms with Crippen LogP contribution in [0.15, 0.2) is 24.3 Å². The molecular formula is C14H19NO. The fraction of sp³-hybridized carbons (Fsp3) is 0.500. The Labute approximate surface area is 97.3 Å². The molecule has 0 bridgehead atoms. The second-order valence-electron chi connectivity index (χ2n) is 4.51. The van der Waals surface area contributed by atoms with Crippen LogP contribution in [-0.2, 0) is 4.79 Å². The summed E-state index contributed by atoms with van der Waals surface area (Å²) in [4.78, 5) is 13.8. The van der Waals surface area contributed by atoms with Gasteiger partial charge in [0.25, 0.3) is 0 Å². The average Bonchev–Trinajstić information content (AvgIpc) is 2.78. The summed E-state index contributed by atoms with van der Waals surface area (Å²) < 4.78 is 0. The lowest BCUT2D eigenvalue weighted by Gasteiger charge is -2.24. The number of hydrogen-bond acceptors (Lipinski definition) is 1. The third kappa shape index (κ3) is 2.11. The van der Waals surface area contributed by atoms with Crippen LogP contribution >= 0.6 is 0 Å². The molecule has 1 unspecified atom stereocenters. The van der Waals surface area contributed by atoms with Crippen LogP contribution in [0.4, 0.5) is 0 Å². The topological polar surface area (TPSA) is 20.3 Å². The van der Waals surface area contributed by atoms with E-state index in [1.54, 1.807) is 0 Å². The summed E-state index contributed by atoms with van der Waals surface area (Å²) in [5.74, 6) is 0.281. The molecule has 0 N–H and O–H groups in total. The highest BCUT2D eigenvalue weighted by molar-refractivity contribution is 5.76. The monoisotopic (exact) mass is 217 g/mol. The van der Waals surface area contributed by atoms with Gasteiger partial charge in [-0.1, -0.05) is 36.8 Å². The highest BCUT2D eigenvalue weighted by atomic mass is 16.2. The number of likely N-dealkylation sites (tertiary alicyclic amines) is 1. The summed E-state index contributed by atoms with van der Waals surface area (Å²) in [6, 6.07) is 8.88. The molecule has 1 aromatic rings. The second-order valence-corrected chi connectivity index (χ2v) is 4.51. The Morgan fingerprint density at radius 1 is 1.38 bits per heavy atom. The molecule has 1 fully saturated rings. The Bertz CT molecular complexity index is 369. The van der Waals surface area contributed by atoms with E-state index >= 15 is 0 Å². The highest BCUT2D eigenvalue weighted by Crippen LogP contribution is 2.32. The van der Waals surface area contributed by atoms with Crippen molar-refractivity contribution in [3.63, 3.8) is 0 Å². The molecule has 0 radical (unpaired) electrons. The Morgan fingerprint density at radius 3 is 2.69 bits per heavy atom. The molecule has 16 heavy (non-hydrogen) atoms. The van der Waals surface area contributed by atoms with E-state index in [9.17, 15) is 4.79 Å². The fourth-order valence-corrected chi connectivity index (χ4v) is 2.40. The molecule has 0 aliphatic carbocycles. The van der Waals surface area contributed by atoms with Crippen LogP contribution in [0.25, 0.3) is 0 Å². The van der Waals surface area contributed by atoms with Crippen molar-refractivity contribution in [2.75, 3.05) is 6.54 Å². The van der Waals surface area contributed by atoms with Crippen molar-refractivity contribution < 1.29 is 4.79 Å². The van der Waals surface area contributed by atoms with Crippen molar-refractivity contribution in [3.05, 3.63) is 35.4 Å². The van der Waals surface area contributed by atoms with Gasteiger partial charge in [-0.3, -0.25) is 4.79 Å². The Morgan fingerprint density at radius 2 is 2.06 bits per heavy atom. The maximum absolute atomic E-state index is 11.8. The molecule has 2 nitrogen and oxygen atoms in total. The van der Waals surface area contributed by atoms with E-state index in [0.717, 1.165) is 19.4 Å². The second kappa shape index (κ2) is 4.69. The van der Waals surface area contributed by atoms with Gasteiger partial charge in [-0.25, -0.2) is 0 Å². The molecule has 1 heterocycles. The lowest BCUT2D eigenvalue weighted by molar-refractivity contribution is -0.131. The van der Waals surface area contributed by atoms with Crippen molar-refractivity contribution in [1.82, 2.24) is 4.90 Å². The average molecular weight is 217 g/mol. The first-order chi connectivity index (χ1) is 7.72. The van der Waals surface area contributed by atoms with Gasteiger partial charge in [0, 0.05) is 13.0 Å². The number of rotatable bonds is 2. The fourth-order valence-electron chi connectivity index (χ4n) is 2.40. The van der Waals surface area contributed by atoms with Crippen molar-refractivity contribution >= 4 is 5.91 Å². The van der Waals surface area contributed by atoms with E-state index in [2.05, 4.69) is 31.2 Å². The van der Waals surface area contributed by atoms with Gasteiger partial charge in [-0.15, -0.1) is 0 Å². The molecule has 0 spiro atoms. The number of hydrogen-bond donors (Lipinski definition) is 0. The summed E-state index contributed by atoms with van der Waals surface area (Å²) in [6.45, 7) is 4.95. The van der Waals surface area contributed by atoms with Gasteiger partial charge < -0.3 is 4.90 Å². The predicted octanol–water partition coefficient (Wildman–Crippen LogP) is 3.07. The van der Waals surface area contributed by atoms with Crippen LogP contribution < -0.4 is 0 Å². The van der Waals surface area contributed by atoms with Gasteiger partial charge in [0.05, 0.1) is 6.04 Å². The largest absolute Gasteiger partial charge is 0.336 e. The van der Waals surface area contributed by atoms with Crippen molar-refractivity contribution in [2.45, 2.75) is 39.2 Å². The first kappa shape index (κ1) is 11.2. The number of amides is 1. The van der Waals surface area contributed by atoms with Gasteiger partial charge in [0.1, 0.15) is 0 Å². The Kier molecular flexibility index (Phi) is 3.28. The molecule has 1 amide bonds. The summed E-state index contributed by atoms with van der Waals surface area (Å²) in [5, 5.41) is 0. The van der Waals surface area contributed by atoms with Crippen LogP contribution in [0.2, 0.25) is 0 Å². The number of nitrogens with zero attached hydrogens (tertiary/aromatic N) is 1. The lowest BCUT2D eigenvalue weighted by atomic mass is 10.0. The molecule has 1 atom stereocenters. The molecule has 0 saturated carbocycles. The van der Waals surface area contributed by atoms with E-state index in [4.69, 9.17) is 0 Å². The number of aryl methyl sites for hydroxylation is 1. The third-order valence-corrected chi connectivity index (χ3v) is 3.34. The van der Waals surface area contributed by atoms with Crippen molar-refractivity contribution in [3.8, 4) is 0 Å². The van der Waals surface area contributed by atoms with Crippen LogP contribution in [0.3, 0.4) is 0 Å². The Balaban J connectivity index is 2.19. The van der Waals surface area contributed by atoms with Gasteiger partial charge in [-0.05, 0) is 25.3 Å². The zero-order valence-electron chi connectivity index (χ0n) is 10.1. The quantitative estimate of drug-likeness (QED) is 0.745. The summed E-state index contributed by atoms with van der Waals surface area (Å²) in [6.07, 6.45) is 2.85. The Hall–Kier alpha value is -1.31. The van der Waals surface area contributed by atoms with Gasteiger partial charge in [0.15, 0.2) is 0 Å². The van der Waals surface area contributed by atoms with E-state index < -0.39 is 0 Å². The van der Waals surface area contributed by atoms with E-state index in [1.807, 2.05) is 11.8 Å². The number of benzene rings is 1. The van der Waals surface area contributed by atoms with E-state index in [-0.39, 0.29) is 5.91 Å². The maximum Gasteiger partial charge on any atom is 0.222 e. The zero-order chi connectivity index (χ0) is 11.5. The van der Waals surface area contributed by atoms with Crippen LogP contribution in [0, 0.1) is 6.92 Å². The molecule has 0 aromatic heterocycles. The normalized spacial score (nSPS) is 20.1. The smallest absolute Gasteiger partial charge is 0.222 e. The molecule has 2 rings (SSSR count). The molecule has 86 valence electrons. The van der Waals surface area contributed by atoms with E-state index in [0.29, 0.717) is 12.5 Å². The highest BCUT2D eigenvalue weighted by Gasteiger charge is 2.28. The summed E-state index contributed by atoms with van der Waals surface area (Å²) in [7, 11) is 0. The molecule has 1 saturated heterocycles. The molecule has 1 aliphatic heterocycles. The van der Waals surface area contributed by atoms with E-state index in [1.165, 1.54) is 11.1 Å². The first-order valence-corrected chi connectivity index (χ1v) is 6.08. The standard InChI is InChI=1S/C14H19NO/c1-3-14(16)15-10-4-5-13(15)12-8-6-11(2)7-9-12/h6-9,13H,3-5,10H2,1-2H3. The predicted molar refractivity (Wildman–Crippen MR) is 65.2 cm³/mol. The van der Waals surface area contributed by atoms with Gasteiger partial charge in [-0.2, -0.15) is 0 Å².